The number of carbonyl (C=O) groups excluding carboxylic acids is 1. The van der Waals surface area contributed by atoms with Crippen LogP contribution in [0.25, 0.3) is 0 Å². The summed E-state index contributed by atoms with van der Waals surface area (Å²) in [6.45, 7) is 2.10. The summed E-state index contributed by atoms with van der Waals surface area (Å²) in [5.41, 5.74) is 1.08. The number of benzene rings is 2. The van der Waals surface area contributed by atoms with Crippen LogP contribution in [0, 0.1) is 0 Å². The van der Waals surface area contributed by atoms with Gasteiger partial charge in [0.1, 0.15) is 18.1 Å². The fourth-order valence-corrected chi connectivity index (χ4v) is 6.12. The van der Waals surface area contributed by atoms with Crippen molar-refractivity contribution in [3.63, 3.8) is 0 Å². The number of rotatable bonds is 8. The molecule has 31 heavy (non-hydrogen) atoms. The van der Waals surface area contributed by atoms with Gasteiger partial charge in [0, 0.05) is 6.04 Å². The highest BCUT2D eigenvalue weighted by molar-refractivity contribution is 7.91. The Balaban J connectivity index is 1.25. The van der Waals surface area contributed by atoms with Crippen LogP contribution in [0.1, 0.15) is 18.4 Å². The molecule has 2 aliphatic rings. The molecular weight excluding hydrogens is 416 g/mol. The molecule has 2 heterocycles. The van der Waals surface area contributed by atoms with Crippen LogP contribution in [0.15, 0.2) is 54.6 Å². The van der Waals surface area contributed by atoms with Gasteiger partial charge < -0.3 is 14.8 Å². The molecule has 1 amide bonds. The maximum atomic E-state index is 12.4. The minimum Gasteiger partial charge on any atom is -0.489 e. The van der Waals surface area contributed by atoms with Gasteiger partial charge in [0.2, 0.25) is 0 Å². The Bertz CT molecular complexity index is 973. The molecule has 0 saturated carbocycles. The first-order valence-electron chi connectivity index (χ1n) is 10.6. The highest BCUT2D eigenvalue weighted by atomic mass is 32.2. The van der Waals surface area contributed by atoms with Crippen molar-refractivity contribution in [2.24, 2.45) is 0 Å². The van der Waals surface area contributed by atoms with Gasteiger partial charge in [0.25, 0.3) is 5.91 Å². The Morgan fingerprint density at radius 3 is 2.26 bits per heavy atom. The number of hydrogen-bond donors (Lipinski definition) is 1. The molecule has 2 atom stereocenters. The molecule has 1 N–H and O–H groups in total. The fraction of sp³-hybridized carbons (Fsp3) is 0.435. The van der Waals surface area contributed by atoms with Gasteiger partial charge in [0.15, 0.2) is 16.4 Å². The van der Waals surface area contributed by atoms with Crippen LogP contribution < -0.4 is 14.8 Å². The van der Waals surface area contributed by atoms with Crippen LogP contribution in [0.3, 0.4) is 0 Å². The maximum absolute atomic E-state index is 12.4. The molecule has 2 saturated heterocycles. The monoisotopic (exact) mass is 444 g/mol. The van der Waals surface area contributed by atoms with Crippen molar-refractivity contribution in [2.75, 3.05) is 31.2 Å². The molecule has 8 heteroatoms. The van der Waals surface area contributed by atoms with Gasteiger partial charge in [-0.3, -0.25) is 9.69 Å². The number of hydrogen-bond acceptors (Lipinski definition) is 6. The van der Waals surface area contributed by atoms with Gasteiger partial charge in [-0.2, -0.15) is 0 Å². The van der Waals surface area contributed by atoms with Crippen LogP contribution in [0.2, 0.25) is 0 Å². The quantitative estimate of drug-likeness (QED) is 0.671. The smallest absolute Gasteiger partial charge is 0.258 e. The lowest BCUT2D eigenvalue weighted by molar-refractivity contribution is -0.124. The number of likely N-dealkylation sites (tertiary alicyclic amines) is 1. The lowest BCUT2D eigenvalue weighted by atomic mass is 10.1. The highest BCUT2D eigenvalue weighted by Gasteiger charge is 2.42. The van der Waals surface area contributed by atoms with Crippen molar-refractivity contribution in [3.05, 3.63) is 60.2 Å². The van der Waals surface area contributed by atoms with E-state index in [4.69, 9.17) is 9.47 Å². The second-order valence-corrected chi connectivity index (χ2v) is 10.2. The van der Waals surface area contributed by atoms with E-state index in [-0.39, 0.29) is 36.1 Å². The normalized spacial score (nSPS) is 22.8. The standard InChI is InChI=1S/C23H28N2O5S/c26-23(24-21-16-31(27,28)17-22(21)25-12-4-5-13-25)15-30-20-10-8-19(9-11-20)29-14-18-6-2-1-3-7-18/h1-3,6-11,21-22H,4-5,12-17H2,(H,24,26). The van der Waals surface area contributed by atoms with Crippen molar-refractivity contribution in [1.29, 1.82) is 0 Å². The van der Waals surface area contributed by atoms with E-state index in [1.807, 2.05) is 30.3 Å². The molecule has 0 aliphatic carbocycles. The highest BCUT2D eigenvalue weighted by Crippen LogP contribution is 2.23. The van der Waals surface area contributed by atoms with Crippen LogP contribution in [-0.2, 0) is 21.2 Å². The summed E-state index contributed by atoms with van der Waals surface area (Å²) in [5.74, 6) is 1.06. The van der Waals surface area contributed by atoms with Gasteiger partial charge >= 0.3 is 0 Å². The number of nitrogens with zero attached hydrogens (tertiary/aromatic N) is 1. The molecule has 2 fully saturated rings. The first kappa shape index (κ1) is 21.6. The first-order chi connectivity index (χ1) is 15.0. The van der Waals surface area contributed by atoms with Crippen LogP contribution in [-0.4, -0.2) is 62.5 Å². The Labute approximate surface area is 183 Å². The van der Waals surface area contributed by atoms with E-state index < -0.39 is 9.84 Å². The van der Waals surface area contributed by atoms with E-state index in [2.05, 4.69) is 10.2 Å². The lowest BCUT2D eigenvalue weighted by Gasteiger charge is -2.28. The zero-order chi connectivity index (χ0) is 21.7. The number of amides is 1. The summed E-state index contributed by atoms with van der Waals surface area (Å²) in [6, 6.07) is 16.5. The van der Waals surface area contributed by atoms with Gasteiger partial charge in [-0.15, -0.1) is 0 Å². The minimum atomic E-state index is -3.14. The summed E-state index contributed by atoms with van der Waals surface area (Å²) < 4.78 is 35.6. The van der Waals surface area contributed by atoms with Gasteiger partial charge in [-0.1, -0.05) is 30.3 Å². The zero-order valence-electron chi connectivity index (χ0n) is 17.4. The Morgan fingerprint density at radius 2 is 1.58 bits per heavy atom. The maximum Gasteiger partial charge on any atom is 0.258 e. The van der Waals surface area contributed by atoms with Crippen LogP contribution >= 0.6 is 0 Å². The molecule has 2 aromatic carbocycles. The predicted molar refractivity (Wildman–Crippen MR) is 118 cm³/mol. The van der Waals surface area contributed by atoms with Crippen molar-refractivity contribution >= 4 is 15.7 Å². The molecule has 2 aromatic rings. The molecule has 2 unspecified atom stereocenters. The van der Waals surface area contributed by atoms with Crippen LogP contribution in [0.5, 0.6) is 11.5 Å². The van der Waals surface area contributed by atoms with E-state index in [0.29, 0.717) is 18.1 Å². The molecule has 0 spiro atoms. The molecule has 0 radical (unpaired) electrons. The summed E-state index contributed by atoms with van der Waals surface area (Å²) in [4.78, 5) is 14.6. The third-order valence-electron chi connectivity index (χ3n) is 5.72. The largest absolute Gasteiger partial charge is 0.489 e. The number of nitrogens with one attached hydrogen (secondary N) is 1. The average Bonchev–Trinajstić information content (AvgIpc) is 3.39. The van der Waals surface area contributed by atoms with Gasteiger partial charge in [-0.05, 0) is 55.8 Å². The third kappa shape index (κ3) is 5.98. The Morgan fingerprint density at radius 1 is 0.935 bits per heavy atom. The molecule has 2 aliphatic heterocycles. The predicted octanol–water partition coefficient (Wildman–Crippen LogP) is 2.02. The topological polar surface area (TPSA) is 84.9 Å². The van der Waals surface area contributed by atoms with E-state index >= 15 is 0 Å². The average molecular weight is 445 g/mol. The second kappa shape index (κ2) is 9.70. The SMILES string of the molecule is O=C(COc1ccc(OCc2ccccc2)cc1)NC1CS(=O)(=O)CC1N1CCCC1. The third-order valence-corrected chi connectivity index (χ3v) is 7.44. The van der Waals surface area contributed by atoms with Crippen LogP contribution in [0.4, 0.5) is 0 Å². The Kier molecular flexibility index (Phi) is 6.77. The molecule has 4 rings (SSSR count). The van der Waals surface area contributed by atoms with E-state index in [9.17, 15) is 13.2 Å². The first-order valence-corrected chi connectivity index (χ1v) is 12.4. The van der Waals surface area contributed by atoms with Crippen molar-refractivity contribution in [2.45, 2.75) is 31.5 Å². The summed E-state index contributed by atoms with van der Waals surface area (Å²) in [7, 11) is -3.14. The van der Waals surface area contributed by atoms with Crippen molar-refractivity contribution < 1.29 is 22.7 Å². The molecule has 0 aromatic heterocycles. The zero-order valence-corrected chi connectivity index (χ0v) is 18.2. The molecule has 7 nitrogen and oxygen atoms in total. The van der Waals surface area contributed by atoms with Gasteiger partial charge in [-0.25, -0.2) is 8.42 Å². The number of carbonyl (C=O) groups is 1. The minimum absolute atomic E-state index is 0.00659. The van der Waals surface area contributed by atoms with E-state index in [0.717, 1.165) is 31.5 Å². The van der Waals surface area contributed by atoms with E-state index in [1.54, 1.807) is 24.3 Å². The van der Waals surface area contributed by atoms with Crippen molar-refractivity contribution in [3.8, 4) is 11.5 Å². The number of ether oxygens (including phenoxy) is 2. The molecule has 166 valence electrons. The van der Waals surface area contributed by atoms with E-state index in [1.165, 1.54) is 0 Å². The molecular formula is C23H28N2O5S. The summed E-state index contributed by atoms with van der Waals surface area (Å²) in [6.07, 6.45) is 2.15. The summed E-state index contributed by atoms with van der Waals surface area (Å²) >= 11 is 0. The molecule has 0 bridgehead atoms. The lowest BCUT2D eigenvalue weighted by Crippen LogP contribution is -2.51. The fourth-order valence-electron chi connectivity index (χ4n) is 4.17. The Hall–Kier alpha value is -2.58. The second-order valence-electron chi connectivity index (χ2n) is 8.10. The van der Waals surface area contributed by atoms with Crippen molar-refractivity contribution in [1.82, 2.24) is 10.2 Å². The summed E-state index contributed by atoms with van der Waals surface area (Å²) in [5, 5.41) is 2.87. The number of sulfone groups is 1. The van der Waals surface area contributed by atoms with Gasteiger partial charge in [0.05, 0.1) is 17.5 Å².